The van der Waals surface area contributed by atoms with E-state index in [2.05, 4.69) is 0 Å². The molecule has 0 aliphatic carbocycles. The molecule has 0 aliphatic heterocycles. The van der Waals surface area contributed by atoms with Gasteiger partial charge >= 0.3 is 5.97 Å². The minimum Gasteiger partial charge on any atom is -0.496 e. The average molecular weight is 314 g/mol. The van der Waals surface area contributed by atoms with E-state index in [0.29, 0.717) is 22.6 Å². The van der Waals surface area contributed by atoms with Crippen molar-refractivity contribution in [3.8, 4) is 5.75 Å². The fourth-order valence-corrected chi connectivity index (χ4v) is 2.00. The molecule has 2 rings (SSSR count). The Morgan fingerprint density at radius 3 is 2.61 bits per heavy atom. The van der Waals surface area contributed by atoms with Crippen LogP contribution in [0, 0.1) is 6.92 Å². The SMILES string of the molecule is COc1ccc(C(C)=O)cc1COC(=O)/C=C/c1ccc(C)o1. The first-order valence-corrected chi connectivity index (χ1v) is 7.08. The van der Waals surface area contributed by atoms with Crippen molar-refractivity contribution in [1.29, 1.82) is 0 Å². The quantitative estimate of drug-likeness (QED) is 0.463. The summed E-state index contributed by atoms with van der Waals surface area (Å²) in [5.74, 6) is 1.34. The lowest BCUT2D eigenvalue weighted by Gasteiger charge is -2.09. The van der Waals surface area contributed by atoms with Gasteiger partial charge in [-0.2, -0.15) is 0 Å². The molecule has 1 heterocycles. The number of furan rings is 1. The summed E-state index contributed by atoms with van der Waals surface area (Å²) >= 11 is 0. The van der Waals surface area contributed by atoms with Gasteiger partial charge in [-0.05, 0) is 50.3 Å². The van der Waals surface area contributed by atoms with Crippen LogP contribution < -0.4 is 4.74 Å². The molecule has 5 nitrogen and oxygen atoms in total. The number of Topliss-reactive ketones (excluding diaryl/α,β-unsaturated/α-hetero) is 1. The van der Waals surface area contributed by atoms with Gasteiger partial charge in [-0.3, -0.25) is 4.79 Å². The molecule has 0 aliphatic rings. The average Bonchev–Trinajstić information content (AvgIpc) is 2.96. The zero-order valence-electron chi connectivity index (χ0n) is 13.3. The number of ether oxygens (including phenoxy) is 2. The number of ketones is 1. The Balaban J connectivity index is 2.02. The molecular weight excluding hydrogens is 296 g/mol. The molecule has 0 saturated heterocycles. The number of aryl methyl sites for hydroxylation is 1. The summed E-state index contributed by atoms with van der Waals surface area (Å²) in [7, 11) is 1.52. The van der Waals surface area contributed by atoms with E-state index in [1.165, 1.54) is 20.1 Å². The second kappa shape index (κ2) is 7.45. The van der Waals surface area contributed by atoms with E-state index < -0.39 is 5.97 Å². The Labute approximate surface area is 134 Å². The van der Waals surface area contributed by atoms with E-state index in [9.17, 15) is 9.59 Å². The standard InChI is InChI=1S/C18H18O5/c1-12-4-6-16(23-12)7-9-18(20)22-11-15-10-14(13(2)19)5-8-17(15)21-3/h4-10H,11H2,1-3H3/b9-7+. The predicted molar refractivity (Wildman–Crippen MR) is 85.3 cm³/mol. The van der Waals surface area contributed by atoms with Crippen LogP contribution >= 0.6 is 0 Å². The summed E-state index contributed by atoms with van der Waals surface area (Å²) in [6.07, 6.45) is 2.83. The molecule has 0 saturated carbocycles. The molecule has 1 aromatic heterocycles. The Hall–Kier alpha value is -2.82. The van der Waals surface area contributed by atoms with Crippen LogP contribution in [0.15, 0.2) is 40.8 Å². The number of methoxy groups -OCH3 is 1. The smallest absolute Gasteiger partial charge is 0.331 e. The van der Waals surface area contributed by atoms with Crippen LogP contribution in [-0.2, 0) is 16.1 Å². The number of esters is 1. The molecule has 0 N–H and O–H groups in total. The van der Waals surface area contributed by atoms with Gasteiger partial charge in [0.25, 0.3) is 0 Å². The van der Waals surface area contributed by atoms with Crippen molar-refractivity contribution in [2.24, 2.45) is 0 Å². The summed E-state index contributed by atoms with van der Waals surface area (Å²) < 4.78 is 15.7. The summed E-state index contributed by atoms with van der Waals surface area (Å²) in [5.41, 5.74) is 1.18. The lowest BCUT2D eigenvalue weighted by atomic mass is 10.1. The number of benzene rings is 1. The zero-order chi connectivity index (χ0) is 16.8. The van der Waals surface area contributed by atoms with Gasteiger partial charge in [0.15, 0.2) is 5.78 Å². The van der Waals surface area contributed by atoms with Gasteiger partial charge in [-0.1, -0.05) is 0 Å². The molecule has 0 unspecified atom stereocenters. The summed E-state index contributed by atoms with van der Waals surface area (Å²) in [4.78, 5) is 23.2. The second-order valence-electron chi connectivity index (χ2n) is 4.97. The number of hydrogen-bond acceptors (Lipinski definition) is 5. The largest absolute Gasteiger partial charge is 0.496 e. The molecule has 0 bridgehead atoms. The van der Waals surface area contributed by atoms with Crippen LogP contribution in [0.3, 0.4) is 0 Å². The van der Waals surface area contributed by atoms with E-state index in [4.69, 9.17) is 13.9 Å². The number of carbonyl (C=O) groups is 2. The molecule has 23 heavy (non-hydrogen) atoms. The highest BCUT2D eigenvalue weighted by atomic mass is 16.5. The number of hydrogen-bond donors (Lipinski definition) is 0. The van der Waals surface area contributed by atoms with Gasteiger partial charge in [0.1, 0.15) is 23.9 Å². The van der Waals surface area contributed by atoms with Gasteiger partial charge in [-0.25, -0.2) is 4.79 Å². The highest BCUT2D eigenvalue weighted by Crippen LogP contribution is 2.21. The lowest BCUT2D eigenvalue weighted by Crippen LogP contribution is -2.04. The molecule has 0 spiro atoms. The molecule has 120 valence electrons. The van der Waals surface area contributed by atoms with Gasteiger partial charge < -0.3 is 13.9 Å². The maximum atomic E-state index is 11.8. The van der Waals surface area contributed by atoms with Crippen LogP contribution in [0.25, 0.3) is 6.08 Å². The Kier molecular flexibility index (Phi) is 5.36. The molecule has 0 fully saturated rings. The third-order valence-corrected chi connectivity index (χ3v) is 3.20. The van der Waals surface area contributed by atoms with Gasteiger partial charge in [0.05, 0.1) is 7.11 Å². The first-order chi connectivity index (χ1) is 11.0. The number of carbonyl (C=O) groups excluding carboxylic acids is 2. The molecular formula is C18H18O5. The van der Waals surface area contributed by atoms with Crippen molar-refractivity contribution < 1.29 is 23.5 Å². The molecule has 0 atom stereocenters. The van der Waals surface area contributed by atoms with E-state index in [1.54, 1.807) is 30.3 Å². The van der Waals surface area contributed by atoms with Crippen LogP contribution in [-0.4, -0.2) is 18.9 Å². The van der Waals surface area contributed by atoms with Crippen LogP contribution in [0.5, 0.6) is 5.75 Å². The van der Waals surface area contributed by atoms with Crippen molar-refractivity contribution >= 4 is 17.8 Å². The number of rotatable bonds is 6. The van der Waals surface area contributed by atoms with Crippen LogP contribution in [0.4, 0.5) is 0 Å². The van der Waals surface area contributed by atoms with Gasteiger partial charge in [0.2, 0.25) is 0 Å². The highest BCUT2D eigenvalue weighted by Gasteiger charge is 2.09. The van der Waals surface area contributed by atoms with Crippen LogP contribution in [0.1, 0.15) is 34.4 Å². The molecule has 5 heteroatoms. The van der Waals surface area contributed by atoms with Crippen molar-refractivity contribution in [3.05, 3.63) is 59.1 Å². The topological polar surface area (TPSA) is 65.7 Å². The fraction of sp³-hybridized carbons (Fsp3) is 0.222. The third-order valence-electron chi connectivity index (χ3n) is 3.20. The molecule has 0 radical (unpaired) electrons. The monoisotopic (exact) mass is 314 g/mol. The minimum absolute atomic E-state index is 0.0185. The fourth-order valence-electron chi connectivity index (χ4n) is 2.00. The maximum absolute atomic E-state index is 11.8. The van der Waals surface area contributed by atoms with Crippen molar-refractivity contribution in [3.63, 3.8) is 0 Å². The second-order valence-corrected chi connectivity index (χ2v) is 4.97. The van der Waals surface area contributed by atoms with E-state index in [-0.39, 0.29) is 12.4 Å². The summed E-state index contributed by atoms with van der Waals surface area (Å²) in [6, 6.07) is 8.59. The van der Waals surface area contributed by atoms with E-state index in [1.807, 2.05) is 13.0 Å². The summed E-state index contributed by atoms with van der Waals surface area (Å²) in [6.45, 7) is 3.32. The Morgan fingerprint density at radius 2 is 2.00 bits per heavy atom. The molecule has 1 aromatic carbocycles. The predicted octanol–water partition coefficient (Wildman–Crippen LogP) is 3.56. The zero-order valence-corrected chi connectivity index (χ0v) is 13.3. The van der Waals surface area contributed by atoms with Gasteiger partial charge in [0, 0.05) is 17.2 Å². The first kappa shape index (κ1) is 16.5. The van der Waals surface area contributed by atoms with Crippen molar-refractivity contribution in [2.75, 3.05) is 7.11 Å². The van der Waals surface area contributed by atoms with Crippen LogP contribution in [0.2, 0.25) is 0 Å². The molecule has 0 amide bonds. The third kappa shape index (κ3) is 4.57. The lowest BCUT2D eigenvalue weighted by molar-refractivity contribution is -0.138. The minimum atomic E-state index is -0.505. The van der Waals surface area contributed by atoms with E-state index in [0.717, 1.165) is 5.76 Å². The van der Waals surface area contributed by atoms with E-state index >= 15 is 0 Å². The molecule has 2 aromatic rings. The Morgan fingerprint density at radius 1 is 1.22 bits per heavy atom. The van der Waals surface area contributed by atoms with Crippen molar-refractivity contribution in [1.82, 2.24) is 0 Å². The highest BCUT2D eigenvalue weighted by molar-refractivity contribution is 5.94. The van der Waals surface area contributed by atoms with Gasteiger partial charge in [-0.15, -0.1) is 0 Å². The summed E-state index contributed by atoms with van der Waals surface area (Å²) in [5, 5.41) is 0. The maximum Gasteiger partial charge on any atom is 0.331 e. The Bertz CT molecular complexity index is 740. The normalized spacial score (nSPS) is 10.7. The first-order valence-electron chi connectivity index (χ1n) is 7.08. The van der Waals surface area contributed by atoms with Crippen molar-refractivity contribution in [2.45, 2.75) is 20.5 Å².